The number of carbonyl (C=O) groups is 4. The predicted octanol–water partition coefficient (Wildman–Crippen LogP) is 4.01. The third-order valence-corrected chi connectivity index (χ3v) is 8.55. The minimum Gasteiger partial charge on any atom is -0.481 e. The van der Waals surface area contributed by atoms with Crippen molar-refractivity contribution in [1.29, 1.82) is 0 Å². The number of carboxylic acids is 1. The number of aliphatic carboxylic acids is 1. The maximum absolute atomic E-state index is 12.1. The highest BCUT2D eigenvalue weighted by Gasteiger charge is 2.16. The molecule has 13 nitrogen and oxygen atoms in total. The SMILES string of the molecule is CC(CC(=O)CCCNC(=O)CCCS(=O)(=O)NC(=O)CCCCCCCCCCCCCCCc1nn[nH]n1)C(=O)O. The molecule has 1 unspecified atom stereocenters. The highest BCUT2D eigenvalue weighted by Crippen LogP contribution is 2.13. The topological polar surface area (TPSA) is 201 Å². The second-order valence-electron chi connectivity index (χ2n) is 11.3. The number of H-pyrrole nitrogens is 1. The monoisotopic (exact) mass is 628 g/mol. The number of aromatic amines is 1. The summed E-state index contributed by atoms with van der Waals surface area (Å²) in [7, 11) is -3.79. The average Bonchev–Trinajstić information content (AvgIpc) is 3.46. The summed E-state index contributed by atoms with van der Waals surface area (Å²) in [4.78, 5) is 46.4. The summed E-state index contributed by atoms with van der Waals surface area (Å²) in [6.07, 6.45) is 16.3. The zero-order chi connectivity index (χ0) is 31.8. The molecule has 0 saturated carbocycles. The maximum Gasteiger partial charge on any atom is 0.306 e. The van der Waals surface area contributed by atoms with Gasteiger partial charge in [-0.15, -0.1) is 10.2 Å². The number of carboxylic acid groups (broad SMARTS) is 1. The van der Waals surface area contributed by atoms with E-state index in [1.807, 2.05) is 0 Å². The third-order valence-electron chi connectivity index (χ3n) is 7.19. The molecule has 0 bridgehead atoms. The molecule has 4 N–H and O–H groups in total. The molecule has 1 heterocycles. The van der Waals surface area contributed by atoms with Crippen LogP contribution in [0.25, 0.3) is 0 Å². The van der Waals surface area contributed by atoms with E-state index in [1.54, 1.807) is 0 Å². The van der Waals surface area contributed by atoms with E-state index in [9.17, 15) is 27.6 Å². The first-order valence-electron chi connectivity index (χ1n) is 15.9. The van der Waals surface area contributed by atoms with Gasteiger partial charge in [0.25, 0.3) is 0 Å². The van der Waals surface area contributed by atoms with Crippen LogP contribution in [0.3, 0.4) is 0 Å². The third kappa shape index (κ3) is 22.3. The lowest BCUT2D eigenvalue weighted by Crippen LogP contribution is -2.33. The molecule has 0 saturated heterocycles. The quantitative estimate of drug-likeness (QED) is 0.0982. The van der Waals surface area contributed by atoms with E-state index in [-0.39, 0.29) is 56.1 Å². The standard InChI is InChI=1S/C29H52N6O7S/c1-24(29(39)40)23-25(36)17-15-21-30-27(37)20-16-22-43(41,42)33-28(38)19-14-12-10-8-6-4-2-3-5-7-9-11-13-18-26-31-34-35-32-26/h24H,2-23H2,1H3,(H,30,37)(H,33,38)(H,39,40)(H,31,32,34,35). The largest absolute Gasteiger partial charge is 0.481 e. The molecule has 0 aliphatic carbocycles. The van der Waals surface area contributed by atoms with Crippen LogP contribution >= 0.6 is 0 Å². The molecule has 2 amide bonds. The Hall–Kier alpha value is -2.90. The molecule has 0 fully saturated rings. The number of nitrogens with zero attached hydrogens (tertiary/aromatic N) is 3. The molecule has 1 aromatic heterocycles. The fourth-order valence-electron chi connectivity index (χ4n) is 4.63. The van der Waals surface area contributed by atoms with Crippen LogP contribution in [0.15, 0.2) is 0 Å². The Morgan fingerprint density at radius 2 is 1.33 bits per heavy atom. The van der Waals surface area contributed by atoms with Crippen LogP contribution in [-0.2, 0) is 35.6 Å². The predicted molar refractivity (Wildman–Crippen MR) is 162 cm³/mol. The van der Waals surface area contributed by atoms with Crippen LogP contribution in [-0.4, -0.2) is 70.0 Å². The fourth-order valence-corrected chi connectivity index (χ4v) is 5.71. The molecule has 1 rings (SSSR count). The Kier molecular flexibility index (Phi) is 20.9. The fraction of sp³-hybridized carbons (Fsp3) is 0.828. The minimum absolute atomic E-state index is 0.0113. The Bertz CT molecular complexity index is 1030. The summed E-state index contributed by atoms with van der Waals surface area (Å²) in [5.41, 5.74) is 0. The van der Waals surface area contributed by atoms with Crippen molar-refractivity contribution in [3.8, 4) is 0 Å². The number of rotatable bonds is 28. The van der Waals surface area contributed by atoms with E-state index in [1.165, 1.54) is 58.3 Å². The molecule has 0 aliphatic heterocycles. The van der Waals surface area contributed by atoms with Gasteiger partial charge in [-0.2, -0.15) is 5.21 Å². The van der Waals surface area contributed by atoms with Crippen molar-refractivity contribution < 1.29 is 32.7 Å². The number of hydrogen-bond donors (Lipinski definition) is 4. The van der Waals surface area contributed by atoms with E-state index in [2.05, 4.69) is 30.7 Å². The number of sulfonamides is 1. The van der Waals surface area contributed by atoms with Gasteiger partial charge in [-0.1, -0.05) is 82.8 Å². The number of ketones is 1. The van der Waals surface area contributed by atoms with Crippen molar-refractivity contribution in [3.63, 3.8) is 0 Å². The summed E-state index contributed by atoms with van der Waals surface area (Å²) in [6, 6.07) is 0. The number of Topliss-reactive ketones (excluding diaryl/α,β-unsaturated/α-hetero) is 1. The van der Waals surface area contributed by atoms with Gasteiger partial charge in [-0.05, 0) is 25.7 Å². The van der Waals surface area contributed by atoms with Gasteiger partial charge >= 0.3 is 5.97 Å². The van der Waals surface area contributed by atoms with Gasteiger partial charge in [0, 0.05) is 38.6 Å². The summed E-state index contributed by atoms with van der Waals surface area (Å²) in [6.45, 7) is 1.72. The van der Waals surface area contributed by atoms with E-state index in [0.29, 0.717) is 12.8 Å². The van der Waals surface area contributed by atoms with Crippen molar-refractivity contribution in [2.24, 2.45) is 5.92 Å². The lowest BCUT2D eigenvalue weighted by molar-refractivity contribution is -0.143. The van der Waals surface area contributed by atoms with Gasteiger partial charge < -0.3 is 10.4 Å². The summed E-state index contributed by atoms with van der Waals surface area (Å²) in [5, 5.41) is 25.4. The first kappa shape index (κ1) is 38.1. The van der Waals surface area contributed by atoms with Crippen molar-refractivity contribution in [2.45, 2.75) is 135 Å². The molecule has 14 heteroatoms. The zero-order valence-corrected chi connectivity index (χ0v) is 26.6. The molecule has 1 atom stereocenters. The Balaban J connectivity index is 1.91. The number of unbranched alkanes of at least 4 members (excludes halogenated alkanes) is 12. The van der Waals surface area contributed by atoms with Gasteiger partial charge in [-0.25, -0.2) is 8.42 Å². The van der Waals surface area contributed by atoms with Gasteiger partial charge in [0.15, 0.2) is 5.82 Å². The number of aryl methyl sites for hydroxylation is 1. The number of amides is 2. The molecule has 246 valence electrons. The van der Waals surface area contributed by atoms with Crippen molar-refractivity contribution >= 4 is 33.6 Å². The van der Waals surface area contributed by atoms with Crippen LogP contribution in [0.5, 0.6) is 0 Å². The van der Waals surface area contributed by atoms with Crippen molar-refractivity contribution in [3.05, 3.63) is 5.82 Å². The van der Waals surface area contributed by atoms with Crippen LogP contribution in [0.1, 0.15) is 135 Å². The maximum atomic E-state index is 12.1. The molecule has 0 radical (unpaired) electrons. The average molecular weight is 629 g/mol. The molecule has 0 aromatic carbocycles. The van der Waals surface area contributed by atoms with Crippen LogP contribution in [0.2, 0.25) is 0 Å². The van der Waals surface area contributed by atoms with E-state index >= 15 is 0 Å². The van der Waals surface area contributed by atoms with Crippen molar-refractivity contribution in [2.75, 3.05) is 12.3 Å². The summed E-state index contributed by atoms with van der Waals surface area (Å²) in [5.74, 6) is -2.31. The number of hydrogen-bond acceptors (Lipinski definition) is 9. The van der Waals surface area contributed by atoms with E-state index in [0.717, 1.165) is 37.9 Å². The van der Waals surface area contributed by atoms with E-state index in [4.69, 9.17) is 5.11 Å². The molecule has 0 aliphatic rings. The lowest BCUT2D eigenvalue weighted by Gasteiger charge is -2.08. The number of aromatic nitrogens is 4. The Morgan fingerprint density at radius 1 is 0.767 bits per heavy atom. The van der Waals surface area contributed by atoms with Crippen LogP contribution in [0, 0.1) is 5.92 Å². The minimum atomic E-state index is -3.79. The smallest absolute Gasteiger partial charge is 0.306 e. The number of tetrazole rings is 1. The molecule has 1 aromatic rings. The molecule has 43 heavy (non-hydrogen) atoms. The first-order chi connectivity index (χ1) is 20.6. The number of nitrogens with one attached hydrogen (secondary N) is 3. The zero-order valence-electron chi connectivity index (χ0n) is 25.8. The summed E-state index contributed by atoms with van der Waals surface area (Å²) >= 11 is 0. The van der Waals surface area contributed by atoms with Crippen LogP contribution < -0.4 is 10.0 Å². The van der Waals surface area contributed by atoms with Gasteiger partial charge in [0.1, 0.15) is 5.78 Å². The normalized spacial score (nSPS) is 12.1. The first-order valence-corrected chi connectivity index (χ1v) is 17.5. The van der Waals surface area contributed by atoms with Gasteiger partial charge in [0.2, 0.25) is 21.8 Å². The Labute approximate surface area is 256 Å². The Morgan fingerprint density at radius 3 is 1.88 bits per heavy atom. The highest BCUT2D eigenvalue weighted by molar-refractivity contribution is 7.90. The lowest BCUT2D eigenvalue weighted by atomic mass is 10.0. The van der Waals surface area contributed by atoms with Gasteiger partial charge in [0.05, 0.1) is 11.7 Å². The van der Waals surface area contributed by atoms with E-state index < -0.39 is 27.8 Å². The van der Waals surface area contributed by atoms with Crippen LogP contribution in [0.4, 0.5) is 0 Å². The van der Waals surface area contributed by atoms with Crippen molar-refractivity contribution in [1.82, 2.24) is 30.7 Å². The highest BCUT2D eigenvalue weighted by atomic mass is 32.2. The molecule has 0 spiro atoms. The number of carbonyl (C=O) groups excluding carboxylic acids is 3. The van der Waals surface area contributed by atoms with Gasteiger partial charge in [-0.3, -0.25) is 23.9 Å². The molecular weight excluding hydrogens is 576 g/mol. The second kappa shape index (κ2) is 23.5. The second-order valence-corrected chi connectivity index (χ2v) is 13.1. The summed E-state index contributed by atoms with van der Waals surface area (Å²) < 4.78 is 26.4. The molecular formula is C29H52N6O7S.